The van der Waals surface area contributed by atoms with Crippen LogP contribution in [0.15, 0.2) is 24.3 Å². The monoisotopic (exact) mass is 273 g/mol. The third kappa shape index (κ3) is 9.49. The summed E-state index contributed by atoms with van der Waals surface area (Å²) in [5.41, 5.74) is -0.0159. The first-order chi connectivity index (χ1) is 6.70. The van der Waals surface area contributed by atoms with Crippen LogP contribution in [0.2, 0.25) is 0 Å². The summed E-state index contributed by atoms with van der Waals surface area (Å²) in [6.45, 7) is 0. The van der Waals surface area contributed by atoms with Crippen LogP contribution in [-0.2, 0) is 4.57 Å². The molecule has 0 aliphatic rings. The van der Waals surface area contributed by atoms with Gasteiger partial charge in [-0.25, -0.2) is 0 Å². The number of phenolic OH excluding ortho intramolecular Hbond substituents is 1. The molecule has 1 aromatic carbocycles. The lowest BCUT2D eigenvalue weighted by atomic mass is 10.3. The second-order valence-electron chi connectivity index (χ2n) is 2.21. The van der Waals surface area contributed by atoms with Crippen LogP contribution in [0, 0.1) is 10.1 Å². The van der Waals surface area contributed by atoms with Gasteiger partial charge in [-0.15, -0.1) is 0 Å². The molecular weight excluding hydrogens is 268 g/mol. The molecule has 0 saturated carbocycles. The fourth-order valence-corrected chi connectivity index (χ4v) is 0.574. The molecule has 0 atom stereocenters. The van der Waals surface area contributed by atoms with Crippen molar-refractivity contribution in [2.75, 3.05) is 0 Å². The Morgan fingerprint density at radius 3 is 1.87 bits per heavy atom. The van der Waals surface area contributed by atoms with Crippen molar-refractivity contribution in [3.05, 3.63) is 34.4 Å². The average molecular weight is 274 g/mol. The fraction of sp³-hybridized carbons (Fsp3) is 0. The summed E-state index contributed by atoms with van der Waals surface area (Å²) >= 11 is 8.81. The Bertz CT molecular complexity index is 367. The molecule has 0 radical (unpaired) electrons. The molecule has 15 heavy (non-hydrogen) atoms. The van der Waals surface area contributed by atoms with Gasteiger partial charge >= 0.3 is 6.07 Å². The minimum atomic E-state index is -3.69. The molecule has 0 bridgehead atoms. The Morgan fingerprint density at radius 2 is 1.60 bits per heavy atom. The number of hydrogen-bond donors (Lipinski definition) is 2. The summed E-state index contributed by atoms with van der Waals surface area (Å²) < 4.78 is 9.30. The highest BCUT2D eigenvalue weighted by atomic mass is 35.9. The summed E-state index contributed by atoms with van der Waals surface area (Å²) in [4.78, 5) is 17.1. The summed E-state index contributed by atoms with van der Waals surface area (Å²) in [6.07, 6.45) is -3.69. The number of aromatic hydroxyl groups is 1. The zero-order chi connectivity index (χ0) is 12.1. The fourth-order valence-electron chi connectivity index (χ4n) is 0.574. The van der Waals surface area contributed by atoms with Crippen LogP contribution in [0.1, 0.15) is 0 Å². The molecule has 2 N–H and O–H groups in total. The third-order valence-electron chi connectivity index (χ3n) is 1.06. The average Bonchev–Trinajstić information content (AvgIpc) is 2.01. The second kappa shape index (κ2) is 5.92. The molecule has 1 rings (SSSR count). The molecule has 0 amide bonds. The number of rotatable bonds is 1. The number of phenols is 1. The Morgan fingerprint density at radius 1 is 1.27 bits per heavy atom. The minimum Gasteiger partial charge on any atom is -0.508 e. The highest BCUT2D eigenvalue weighted by Gasteiger charge is 2.02. The van der Waals surface area contributed by atoms with Gasteiger partial charge in [0.25, 0.3) is 5.69 Å². The highest BCUT2D eigenvalue weighted by Crippen LogP contribution is 2.51. The zero-order valence-corrected chi connectivity index (χ0v) is 9.49. The Kier molecular flexibility index (Phi) is 5.60. The van der Waals surface area contributed by atoms with Crippen molar-refractivity contribution in [1.29, 1.82) is 0 Å². The Hall–Kier alpha value is -0.810. The molecule has 0 spiro atoms. The summed E-state index contributed by atoms with van der Waals surface area (Å²) in [5, 5.41) is 18.8. The van der Waals surface area contributed by atoms with E-state index in [-0.39, 0.29) is 11.4 Å². The van der Waals surface area contributed by atoms with Gasteiger partial charge in [0.05, 0.1) is 4.92 Å². The van der Waals surface area contributed by atoms with E-state index in [1.807, 2.05) is 0 Å². The number of hydrogen-bond acceptors (Lipinski definition) is 4. The van der Waals surface area contributed by atoms with Crippen molar-refractivity contribution < 1.29 is 19.5 Å². The first kappa shape index (κ1) is 14.2. The van der Waals surface area contributed by atoms with Gasteiger partial charge in [-0.3, -0.25) is 14.7 Å². The van der Waals surface area contributed by atoms with Gasteiger partial charge in [-0.1, -0.05) is 0 Å². The minimum absolute atomic E-state index is 0.0159. The van der Waals surface area contributed by atoms with Gasteiger partial charge in [0, 0.05) is 12.1 Å². The van der Waals surface area contributed by atoms with Crippen molar-refractivity contribution in [1.82, 2.24) is 0 Å². The van der Waals surface area contributed by atoms with Crippen molar-refractivity contribution in [3.63, 3.8) is 0 Å². The lowest BCUT2D eigenvalue weighted by molar-refractivity contribution is -0.384. The van der Waals surface area contributed by atoms with Crippen molar-refractivity contribution in [3.8, 4) is 5.75 Å². The largest absolute Gasteiger partial charge is 0.508 e. The lowest BCUT2D eigenvalue weighted by Gasteiger charge is -1.89. The zero-order valence-electron chi connectivity index (χ0n) is 7.08. The number of halogens is 2. The molecule has 0 saturated heterocycles. The van der Waals surface area contributed by atoms with E-state index in [1.165, 1.54) is 24.3 Å². The van der Waals surface area contributed by atoms with Crippen LogP contribution in [0.5, 0.6) is 5.75 Å². The van der Waals surface area contributed by atoms with E-state index in [0.29, 0.717) is 0 Å². The van der Waals surface area contributed by atoms with E-state index in [0.717, 1.165) is 0 Å². The molecule has 0 unspecified atom stereocenters. The van der Waals surface area contributed by atoms with E-state index in [1.54, 1.807) is 0 Å². The lowest BCUT2D eigenvalue weighted by Crippen LogP contribution is -1.85. The molecule has 0 aliphatic heterocycles. The van der Waals surface area contributed by atoms with Crippen LogP contribution >= 0.6 is 28.6 Å². The molecule has 6 nitrogen and oxygen atoms in total. The first-order valence-corrected chi connectivity index (χ1v) is 6.82. The van der Waals surface area contributed by atoms with Gasteiger partial charge < -0.3 is 10.00 Å². The molecule has 0 heterocycles. The van der Waals surface area contributed by atoms with Crippen LogP contribution in [0.25, 0.3) is 0 Å². The Labute approximate surface area is 94.2 Å². The number of non-ortho nitro benzene ring substituents is 1. The third-order valence-corrected chi connectivity index (χ3v) is 1.06. The number of benzene rings is 1. The van der Waals surface area contributed by atoms with Crippen molar-refractivity contribution in [2.45, 2.75) is 0 Å². The highest BCUT2D eigenvalue weighted by molar-refractivity contribution is 8.04. The Balaban J connectivity index is 0.000000336. The molecule has 1 aromatic rings. The van der Waals surface area contributed by atoms with E-state index < -0.39 is 11.0 Å². The predicted molar refractivity (Wildman–Crippen MR) is 56.3 cm³/mol. The van der Waals surface area contributed by atoms with E-state index in [4.69, 9.17) is 10.00 Å². The van der Waals surface area contributed by atoms with Gasteiger partial charge in [-0.2, -0.15) is 0 Å². The van der Waals surface area contributed by atoms with Gasteiger partial charge in [-0.05, 0) is 34.6 Å². The molecular formula is C6H6Cl2NO5P. The molecule has 0 aromatic heterocycles. The molecule has 0 fully saturated rings. The topological polar surface area (TPSA) is 101 Å². The van der Waals surface area contributed by atoms with Gasteiger partial charge in [0.1, 0.15) is 5.75 Å². The van der Waals surface area contributed by atoms with E-state index in [2.05, 4.69) is 22.5 Å². The van der Waals surface area contributed by atoms with E-state index >= 15 is 0 Å². The van der Waals surface area contributed by atoms with Crippen molar-refractivity contribution >= 4 is 34.2 Å². The number of nitro benzene ring substituents is 1. The summed E-state index contributed by atoms with van der Waals surface area (Å²) in [5.74, 6) is 0.0330. The van der Waals surface area contributed by atoms with Gasteiger partial charge in [0.2, 0.25) is 0 Å². The van der Waals surface area contributed by atoms with E-state index in [9.17, 15) is 14.7 Å². The molecule has 9 heteroatoms. The maximum absolute atomic E-state index is 10.0. The normalized spacial score (nSPS) is 10.1. The molecule has 0 aliphatic carbocycles. The van der Waals surface area contributed by atoms with Crippen LogP contribution < -0.4 is 0 Å². The summed E-state index contributed by atoms with van der Waals surface area (Å²) in [7, 11) is 0. The quantitative estimate of drug-likeness (QED) is 0.465. The predicted octanol–water partition coefficient (Wildman–Crippen LogP) is 2.86. The maximum Gasteiger partial charge on any atom is 0.377 e. The SMILES string of the molecule is O=P(O)(Cl)Cl.O=[N+]([O-])c1ccc(O)cc1. The van der Waals surface area contributed by atoms with Crippen molar-refractivity contribution in [2.24, 2.45) is 0 Å². The van der Waals surface area contributed by atoms with Crippen LogP contribution in [0.3, 0.4) is 0 Å². The summed E-state index contributed by atoms with van der Waals surface area (Å²) in [6, 6.07) is 5.04. The smallest absolute Gasteiger partial charge is 0.377 e. The standard InChI is InChI=1S/C6H5NO3.Cl2HO2P/c8-6-3-1-5(2-4-6)7(9)10;1-5(2,3)4/h1-4,8H;(H,3,4). The maximum atomic E-state index is 10.0. The number of nitro groups is 1. The number of nitrogens with zero attached hydrogens (tertiary/aromatic N) is 1. The van der Waals surface area contributed by atoms with Crippen LogP contribution in [-0.4, -0.2) is 14.9 Å². The molecule has 84 valence electrons. The van der Waals surface area contributed by atoms with Crippen LogP contribution in [0.4, 0.5) is 5.69 Å². The first-order valence-electron chi connectivity index (χ1n) is 3.35. The van der Waals surface area contributed by atoms with Gasteiger partial charge in [0.15, 0.2) is 0 Å². The second-order valence-corrected chi connectivity index (χ2v) is 6.35.